The molecule has 0 bridgehead atoms. The number of hydrogen-bond acceptors (Lipinski definition) is 2. The lowest BCUT2D eigenvalue weighted by molar-refractivity contribution is 0.251. The lowest BCUT2D eigenvalue weighted by Crippen LogP contribution is -2.28. The number of benzene rings is 1. The molecule has 1 aliphatic rings. The molecule has 0 saturated carbocycles. The lowest BCUT2D eigenvalue weighted by atomic mass is 10.00. The number of halogens is 1. The van der Waals surface area contributed by atoms with Crippen molar-refractivity contribution in [1.29, 1.82) is 0 Å². The summed E-state index contributed by atoms with van der Waals surface area (Å²) in [5.41, 5.74) is 1.20. The van der Waals surface area contributed by atoms with Crippen molar-refractivity contribution in [3.8, 4) is 5.75 Å². The molecule has 1 atom stereocenters. The van der Waals surface area contributed by atoms with Crippen molar-refractivity contribution >= 4 is 11.6 Å². The van der Waals surface area contributed by atoms with Gasteiger partial charge < -0.3 is 10.1 Å². The quantitative estimate of drug-likeness (QED) is 0.881. The summed E-state index contributed by atoms with van der Waals surface area (Å²) in [6.07, 6.45) is 2.22. The van der Waals surface area contributed by atoms with E-state index >= 15 is 0 Å². The largest absolute Gasteiger partial charge is 0.492 e. The van der Waals surface area contributed by atoms with Crippen molar-refractivity contribution in [1.82, 2.24) is 5.32 Å². The molecule has 3 heteroatoms. The smallest absolute Gasteiger partial charge is 0.142 e. The van der Waals surface area contributed by atoms with Gasteiger partial charge in [0.2, 0.25) is 0 Å². The monoisotopic (exact) mass is 253 g/mol. The summed E-state index contributed by atoms with van der Waals surface area (Å²) >= 11 is 6.14. The molecule has 2 nitrogen and oxygen atoms in total. The molecule has 1 aliphatic heterocycles. The van der Waals surface area contributed by atoms with Crippen molar-refractivity contribution in [2.45, 2.75) is 32.7 Å². The molecule has 1 aromatic rings. The third-order valence-corrected chi connectivity index (χ3v) is 3.44. The van der Waals surface area contributed by atoms with Gasteiger partial charge in [-0.15, -0.1) is 0 Å². The molecule has 0 radical (unpaired) electrons. The molecule has 0 fully saturated rings. The third-order valence-electron chi connectivity index (χ3n) is 3.14. The minimum Gasteiger partial charge on any atom is -0.492 e. The second kappa shape index (κ2) is 5.74. The van der Waals surface area contributed by atoms with Gasteiger partial charge >= 0.3 is 0 Å². The van der Waals surface area contributed by atoms with Gasteiger partial charge in [0, 0.05) is 18.0 Å². The highest BCUT2D eigenvalue weighted by Crippen LogP contribution is 2.37. The van der Waals surface area contributed by atoms with Crippen molar-refractivity contribution < 1.29 is 4.74 Å². The van der Waals surface area contributed by atoms with Gasteiger partial charge in [0.15, 0.2) is 0 Å². The first kappa shape index (κ1) is 12.7. The molecule has 2 rings (SSSR count). The summed E-state index contributed by atoms with van der Waals surface area (Å²) in [6, 6.07) is 6.37. The Morgan fingerprint density at radius 1 is 1.47 bits per heavy atom. The Morgan fingerprint density at radius 2 is 2.29 bits per heavy atom. The molecular formula is C14H20ClNO. The third kappa shape index (κ3) is 3.14. The van der Waals surface area contributed by atoms with Crippen LogP contribution >= 0.6 is 11.6 Å². The van der Waals surface area contributed by atoms with Crippen molar-refractivity contribution in [3.63, 3.8) is 0 Å². The minimum absolute atomic E-state index is 0.385. The summed E-state index contributed by atoms with van der Waals surface area (Å²) in [5, 5.41) is 4.32. The van der Waals surface area contributed by atoms with E-state index < -0.39 is 0 Å². The van der Waals surface area contributed by atoms with Crippen molar-refractivity contribution in [2.24, 2.45) is 5.92 Å². The van der Waals surface area contributed by atoms with Crippen LogP contribution < -0.4 is 10.1 Å². The molecule has 0 spiro atoms. The second-order valence-electron chi connectivity index (χ2n) is 4.98. The van der Waals surface area contributed by atoms with E-state index in [1.165, 1.54) is 12.0 Å². The summed E-state index contributed by atoms with van der Waals surface area (Å²) < 4.78 is 5.64. The van der Waals surface area contributed by atoms with Crippen LogP contribution in [0.5, 0.6) is 5.75 Å². The number of rotatable bonds is 4. The minimum atomic E-state index is 0.385. The van der Waals surface area contributed by atoms with Gasteiger partial charge in [-0.3, -0.25) is 0 Å². The van der Waals surface area contributed by atoms with Crippen LogP contribution in [-0.4, -0.2) is 13.2 Å². The van der Waals surface area contributed by atoms with E-state index in [1.54, 1.807) is 0 Å². The Morgan fingerprint density at radius 3 is 3.06 bits per heavy atom. The van der Waals surface area contributed by atoms with E-state index in [0.29, 0.717) is 6.04 Å². The van der Waals surface area contributed by atoms with Crippen LogP contribution in [0.2, 0.25) is 5.02 Å². The van der Waals surface area contributed by atoms with E-state index in [1.807, 2.05) is 12.1 Å². The highest BCUT2D eigenvalue weighted by atomic mass is 35.5. The highest BCUT2D eigenvalue weighted by Gasteiger charge is 2.22. The van der Waals surface area contributed by atoms with Crippen LogP contribution in [0.1, 0.15) is 38.3 Å². The van der Waals surface area contributed by atoms with Gasteiger partial charge in [0.1, 0.15) is 5.75 Å². The normalized spacial score (nSPS) is 18.9. The fourth-order valence-corrected chi connectivity index (χ4v) is 2.38. The summed E-state index contributed by atoms with van der Waals surface area (Å²) in [5.74, 6) is 1.60. The average Bonchev–Trinajstić information content (AvgIpc) is 2.30. The van der Waals surface area contributed by atoms with E-state index in [2.05, 4.69) is 25.2 Å². The standard InChI is InChI=1S/C14H20ClNO/c1-10(2)6-8-16-13-7-9-17-14-11(13)4-3-5-12(14)15/h3-5,10,13,16H,6-9H2,1-2H3. The predicted molar refractivity (Wildman–Crippen MR) is 71.8 cm³/mol. The second-order valence-corrected chi connectivity index (χ2v) is 5.39. The maximum absolute atomic E-state index is 6.14. The van der Waals surface area contributed by atoms with Gasteiger partial charge in [-0.2, -0.15) is 0 Å². The van der Waals surface area contributed by atoms with Crippen molar-refractivity contribution in [3.05, 3.63) is 28.8 Å². The molecular weight excluding hydrogens is 234 g/mol. The van der Waals surface area contributed by atoms with Crippen LogP contribution in [0.4, 0.5) is 0 Å². The fraction of sp³-hybridized carbons (Fsp3) is 0.571. The molecule has 17 heavy (non-hydrogen) atoms. The number of fused-ring (bicyclic) bond motifs is 1. The molecule has 1 unspecified atom stereocenters. The zero-order valence-electron chi connectivity index (χ0n) is 10.5. The summed E-state index contributed by atoms with van der Waals surface area (Å²) in [6.45, 7) is 6.29. The Labute approximate surface area is 108 Å². The maximum atomic E-state index is 6.14. The molecule has 1 heterocycles. The SMILES string of the molecule is CC(C)CCNC1CCOc2c(Cl)cccc21. The van der Waals surface area contributed by atoms with Gasteiger partial charge in [-0.1, -0.05) is 37.6 Å². The molecule has 0 saturated heterocycles. The molecule has 1 N–H and O–H groups in total. The van der Waals surface area contributed by atoms with E-state index in [0.717, 1.165) is 36.3 Å². The zero-order chi connectivity index (χ0) is 12.3. The van der Waals surface area contributed by atoms with Crippen LogP contribution in [0.3, 0.4) is 0 Å². The van der Waals surface area contributed by atoms with E-state index in [4.69, 9.17) is 16.3 Å². The number of nitrogens with one attached hydrogen (secondary N) is 1. The van der Waals surface area contributed by atoms with Crippen LogP contribution in [0.15, 0.2) is 18.2 Å². The Kier molecular flexibility index (Phi) is 4.30. The number of ether oxygens (including phenoxy) is 1. The maximum Gasteiger partial charge on any atom is 0.142 e. The first-order valence-electron chi connectivity index (χ1n) is 6.33. The van der Waals surface area contributed by atoms with Gasteiger partial charge in [-0.05, 0) is 24.9 Å². The van der Waals surface area contributed by atoms with Crippen molar-refractivity contribution in [2.75, 3.05) is 13.2 Å². The zero-order valence-corrected chi connectivity index (χ0v) is 11.3. The molecule has 0 aliphatic carbocycles. The number of hydrogen-bond donors (Lipinski definition) is 1. The molecule has 0 aromatic heterocycles. The first-order valence-corrected chi connectivity index (χ1v) is 6.71. The topological polar surface area (TPSA) is 21.3 Å². The lowest BCUT2D eigenvalue weighted by Gasteiger charge is -2.27. The summed E-state index contributed by atoms with van der Waals surface area (Å²) in [4.78, 5) is 0. The van der Waals surface area contributed by atoms with Gasteiger partial charge in [0.05, 0.1) is 11.6 Å². The van der Waals surface area contributed by atoms with Crippen LogP contribution in [0, 0.1) is 5.92 Å². The predicted octanol–water partition coefficient (Wildman–Crippen LogP) is 3.80. The highest BCUT2D eigenvalue weighted by molar-refractivity contribution is 6.32. The first-order chi connectivity index (χ1) is 8.18. The molecule has 1 aromatic carbocycles. The Hall–Kier alpha value is -0.730. The molecule has 0 amide bonds. The Bertz CT molecular complexity index is 378. The van der Waals surface area contributed by atoms with E-state index in [-0.39, 0.29) is 0 Å². The number of para-hydroxylation sites is 1. The van der Waals surface area contributed by atoms with Crippen LogP contribution in [0.25, 0.3) is 0 Å². The fourth-order valence-electron chi connectivity index (χ4n) is 2.14. The van der Waals surface area contributed by atoms with Gasteiger partial charge in [0.25, 0.3) is 0 Å². The molecule has 94 valence electrons. The van der Waals surface area contributed by atoms with E-state index in [9.17, 15) is 0 Å². The summed E-state index contributed by atoms with van der Waals surface area (Å²) in [7, 11) is 0. The van der Waals surface area contributed by atoms with Gasteiger partial charge in [-0.25, -0.2) is 0 Å². The average molecular weight is 254 g/mol. The Balaban J connectivity index is 2.04. The van der Waals surface area contributed by atoms with Crippen LogP contribution in [-0.2, 0) is 0 Å².